The lowest BCUT2D eigenvalue weighted by Crippen LogP contribution is -2.61. The van der Waals surface area contributed by atoms with E-state index in [0.717, 1.165) is 152 Å². The molecular weight excluding hydrogens is 1220 g/mol. The highest BCUT2D eigenvalue weighted by Gasteiger charge is 2.44. The van der Waals surface area contributed by atoms with Crippen LogP contribution in [0.5, 0.6) is 0 Å². The molecule has 2 aliphatic heterocycles. The van der Waals surface area contributed by atoms with Crippen molar-refractivity contribution in [1.82, 2.24) is 4.57 Å². The summed E-state index contributed by atoms with van der Waals surface area (Å²) in [5, 5.41) is 1.80. The van der Waals surface area contributed by atoms with Gasteiger partial charge in [-0.3, -0.25) is 0 Å². The molecule has 470 valence electrons. The SMILES string of the molecule is Cc1cc(-c2ccc(-n3c4ccccc4c4cc(-c5cc6c7c(c5)N(c5ccc(-c8ccccc8)cc5)c5ccc(-c8ccccc8)cc5B7c5cc(-c7ccccc7)ccc5N6c5ccc(-c6ccccc6)cc5)ccc43)c(-c3cc(C)cc(C(F)(F)F)c3)c2)cc(C(F)(F)F)c1. The largest absolute Gasteiger partial charge is 0.416 e. The van der Waals surface area contributed by atoms with Crippen LogP contribution in [0.3, 0.4) is 0 Å². The number of alkyl halides is 6. The molecule has 0 radical (unpaired) electrons. The number of benzene rings is 14. The Morgan fingerprint density at radius 3 is 1.12 bits per heavy atom. The second kappa shape index (κ2) is 23.5. The highest BCUT2D eigenvalue weighted by Crippen LogP contribution is 2.49. The average Bonchev–Trinajstić information content (AvgIpc) is 0.856. The van der Waals surface area contributed by atoms with Gasteiger partial charge in [0.05, 0.1) is 27.8 Å². The molecule has 3 nitrogen and oxygen atoms in total. The van der Waals surface area contributed by atoms with Gasteiger partial charge in [0, 0.05) is 50.5 Å². The molecule has 1 aromatic heterocycles. The van der Waals surface area contributed by atoms with Crippen LogP contribution in [0.25, 0.3) is 105 Å². The minimum atomic E-state index is -4.67. The fourth-order valence-corrected chi connectivity index (χ4v) is 15.0. The molecule has 0 spiro atoms. The number of aryl methyl sites for hydroxylation is 2. The Kier molecular flexibility index (Phi) is 14.3. The zero-order chi connectivity index (χ0) is 66.6. The third kappa shape index (κ3) is 10.5. The maximum Gasteiger partial charge on any atom is 0.416 e. The fourth-order valence-electron chi connectivity index (χ4n) is 15.0. The van der Waals surface area contributed by atoms with Crippen LogP contribution in [0.15, 0.2) is 315 Å². The highest BCUT2D eigenvalue weighted by molar-refractivity contribution is 7.00. The van der Waals surface area contributed by atoms with Crippen LogP contribution in [-0.4, -0.2) is 11.3 Å². The number of hydrogen-bond donors (Lipinski definition) is 0. The molecule has 0 fully saturated rings. The van der Waals surface area contributed by atoms with Crippen molar-refractivity contribution in [1.29, 1.82) is 0 Å². The van der Waals surface area contributed by atoms with Crippen molar-refractivity contribution in [3.8, 4) is 83.6 Å². The average molecular weight is 1280 g/mol. The topological polar surface area (TPSA) is 11.4 Å². The van der Waals surface area contributed by atoms with Gasteiger partial charge in [-0.25, -0.2) is 0 Å². The van der Waals surface area contributed by atoms with E-state index in [2.05, 4.69) is 245 Å². The second-order valence-electron chi connectivity index (χ2n) is 25.6. The standard InChI is InChI=1S/C88H58BF6N3/c1-55-43-67(47-70(45-55)87(90,91)92)63-31-39-80(75(49-63)69-44-56(2)46-71(48-69)88(93,94)95)98-79-26-16-15-25-74(79)76-50-64(32-40-81(76)98)68-53-84-86-85(54-68)97(73-37-29-62(30-38-73)58-19-9-4-10-20-58)83-42-34-66(60-23-13-6-14-24-60)52-78(83)89(86)77-51-65(59-21-11-5-12-22-59)33-41-82(77)96(84)72-35-27-61(28-36-72)57-17-7-3-8-18-57/h3-54H,1-2H3. The van der Waals surface area contributed by atoms with Crippen LogP contribution >= 0.6 is 0 Å². The molecule has 17 rings (SSSR count). The summed E-state index contributed by atoms with van der Waals surface area (Å²) in [6.45, 7) is 2.98. The number of fused-ring (bicyclic) bond motifs is 7. The van der Waals surface area contributed by atoms with E-state index in [0.29, 0.717) is 33.5 Å². The molecule has 15 aromatic rings. The first-order valence-electron chi connectivity index (χ1n) is 32.7. The molecule has 0 saturated carbocycles. The van der Waals surface area contributed by atoms with Crippen molar-refractivity contribution in [2.24, 2.45) is 0 Å². The molecule has 0 atom stereocenters. The molecule has 98 heavy (non-hydrogen) atoms. The van der Waals surface area contributed by atoms with E-state index in [9.17, 15) is 26.3 Å². The van der Waals surface area contributed by atoms with Crippen LogP contribution < -0.4 is 26.2 Å². The van der Waals surface area contributed by atoms with Crippen molar-refractivity contribution in [3.05, 3.63) is 338 Å². The molecule has 2 aliphatic rings. The first kappa shape index (κ1) is 59.8. The molecule has 3 heterocycles. The Morgan fingerprint density at radius 2 is 0.633 bits per heavy atom. The van der Waals surface area contributed by atoms with Crippen molar-refractivity contribution in [3.63, 3.8) is 0 Å². The number of aromatic nitrogens is 1. The number of rotatable bonds is 10. The van der Waals surface area contributed by atoms with Crippen LogP contribution in [0.1, 0.15) is 22.3 Å². The molecule has 0 bridgehead atoms. The fraction of sp³-hybridized carbons (Fsp3) is 0.0455. The van der Waals surface area contributed by atoms with Crippen LogP contribution in [0, 0.1) is 13.8 Å². The monoisotopic (exact) mass is 1280 g/mol. The van der Waals surface area contributed by atoms with Gasteiger partial charge >= 0.3 is 12.4 Å². The molecule has 0 unspecified atom stereocenters. The predicted octanol–water partition coefficient (Wildman–Crippen LogP) is 23.2. The van der Waals surface area contributed by atoms with Gasteiger partial charge in [-0.05, 0) is 217 Å². The lowest BCUT2D eigenvalue weighted by molar-refractivity contribution is -0.138. The summed E-state index contributed by atoms with van der Waals surface area (Å²) < 4.78 is 90.0. The molecule has 0 aliphatic carbocycles. The third-order valence-corrected chi connectivity index (χ3v) is 19.4. The van der Waals surface area contributed by atoms with Gasteiger partial charge in [0.25, 0.3) is 6.71 Å². The Bertz CT molecular complexity index is 5410. The quantitative estimate of drug-likeness (QED) is 0.0999. The normalized spacial score (nSPS) is 12.6. The van der Waals surface area contributed by atoms with Gasteiger partial charge in [-0.2, -0.15) is 26.3 Å². The Balaban J connectivity index is 0.917. The minimum absolute atomic E-state index is 0.245. The molecule has 0 saturated heterocycles. The smallest absolute Gasteiger partial charge is 0.311 e. The Morgan fingerprint density at radius 1 is 0.265 bits per heavy atom. The van der Waals surface area contributed by atoms with Gasteiger partial charge in [0.2, 0.25) is 0 Å². The lowest BCUT2D eigenvalue weighted by atomic mass is 9.33. The van der Waals surface area contributed by atoms with E-state index in [1.807, 2.05) is 36.4 Å². The first-order valence-corrected chi connectivity index (χ1v) is 32.7. The number of anilines is 6. The van der Waals surface area contributed by atoms with Crippen molar-refractivity contribution in [2.45, 2.75) is 26.2 Å². The first-order chi connectivity index (χ1) is 47.6. The zero-order valence-corrected chi connectivity index (χ0v) is 53.2. The number of para-hydroxylation sites is 1. The minimum Gasteiger partial charge on any atom is -0.311 e. The Labute approximate surface area is 564 Å². The second-order valence-corrected chi connectivity index (χ2v) is 25.6. The van der Waals surface area contributed by atoms with Crippen LogP contribution in [0.4, 0.5) is 60.5 Å². The third-order valence-electron chi connectivity index (χ3n) is 19.4. The van der Waals surface area contributed by atoms with Gasteiger partial charge in [0.1, 0.15) is 0 Å². The van der Waals surface area contributed by atoms with Gasteiger partial charge in [0.15, 0.2) is 0 Å². The summed E-state index contributed by atoms with van der Waals surface area (Å²) in [4.78, 5) is 4.87. The molecule has 14 aromatic carbocycles. The predicted molar refractivity (Wildman–Crippen MR) is 392 cm³/mol. The molecule has 10 heteroatoms. The maximum absolute atomic E-state index is 14.9. The van der Waals surface area contributed by atoms with Gasteiger partial charge < -0.3 is 14.4 Å². The molecule has 0 amide bonds. The van der Waals surface area contributed by atoms with Crippen LogP contribution in [-0.2, 0) is 12.4 Å². The summed E-state index contributed by atoms with van der Waals surface area (Å²) in [5.74, 6) is 0. The summed E-state index contributed by atoms with van der Waals surface area (Å²) in [6, 6.07) is 106. The van der Waals surface area contributed by atoms with Gasteiger partial charge in [-0.15, -0.1) is 0 Å². The van der Waals surface area contributed by atoms with E-state index in [1.54, 1.807) is 38.1 Å². The highest BCUT2D eigenvalue weighted by atomic mass is 19.4. The molecular formula is C88H58BF6N3. The van der Waals surface area contributed by atoms with Gasteiger partial charge in [-0.1, -0.05) is 212 Å². The Hall–Kier alpha value is -11.9. The van der Waals surface area contributed by atoms with Crippen molar-refractivity contribution >= 4 is 79.0 Å². The van der Waals surface area contributed by atoms with E-state index in [-0.39, 0.29) is 12.3 Å². The number of hydrogen-bond acceptors (Lipinski definition) is 2. The number of halogens is 6. The molecule has 0 N–H and O–H groups in total. The van der Waals surface area contributed by atoms with Crippen LogP contribution in [0.2, 0.25) is 0 Å². The summed E-state index contributed by atoms with van der Waals surface area (Å²) in [5.41, 5.74) is 23.0. The maximum atomic E-state index is 14.9. The number of nitrogens with zero attached hydrogens (tertiary/aromatic N) is 3. The van der Waals surface area contributed by atoms with E-state index in [4.69, 9.17) is 0 Å². The zero-order valence-electron chi connectivity index (χ0n) is 53.2. The van der Waals surface area contributed by atoms with Crippen molar-refractivity contribution in [2.75, 3.05) is 9.80 Å². The lowest BCUT2D eigenvalue weighted by Gasteiger charge is -2.44. The van der Waals surface area contributed by atoms with E-state index < -0.39 is 23.5 Å². The van der Waals surface area contributed by atoms with Crippen molar-refractivity contribution < 1.29 is 26.3 Å². The summed E-state index contributed by atoms with van der Waals surface area (Å²) >= 11 is 0. The summed E-state index contributed by atoms with van der Waals surface area (Å²) in [6.07, 6.45) is -9.29. The summed E-state index contributed by atoms with van der Waals surface area (Å²) in [7, 11) is 0. The van der Waals surface area contributed by atoms with E-state index >= 15 is 0 Å². The van der Waals surface area contributed by atoms with E-state index in [1.165, 1.54) is 0 Å².